The Morgan fingerprint density at radius 2 is 2.31 bits per heavy atom. The summed E-state index contributed by atoms with van der Waals surface area (Å²) in [6.07, 6.45) is 4.27. The van der Waals surface area contributed by atoms with Crippen LogP contribution in [0.1, 0.15) is 16.1 Å². The second-order valence-electron chi connectivity index (χ2n) is 3.44. The zero-order valence-electron chi connectivity index (χ0n) is 8.72. The minimum absolute atomic E-state index is 0.0562. The summed E-state index contributed by atoms with van der Waals surface area (Å²) in [6.45, 7) is 0. The van der Waals surface area contributed by atoms with Crippen molar-refractivity contribution in [2.24, 2.45) is 7.05 Å². The normalized spacial score (nSPS) is 10.4. The van der Waals surface area contributed by atoms with Crippen molar-refractivity contribution in [2.75, 3.05) is 0 Å². The Morgan fingerprint density at radius 1 is 1.50 bits per heavy atom. The van der Waals surface area contributed by atoms with Gasteiger partial charge in [0.05, 0.1) is 23.9 Å². The summed E-state index contributed by atoms with van der Waals surface area (Å²) >= 11 is 0. The maximum Gasteiger partial charge on any atom is 0.171 e. The molecule has 4 nitrogen and oxygen atoms in total. The topological polar surface area (TPSA) is 47.8 Å². The van der Waals surface area contributed by atoms with Gasteiger partial charge in [0.25, 0.3) is 0 Å². The third-order valence-corrected chi connectivity index (χ3v) is 2.18. The molecule has 0 N–H and O–H groups in total. The van der Waals surface area contributed by atoms with E-state index in [2.05, 4.69) is 10.1 Å². The van der Waals surface area contributed by atoms with Gasteiger partial charge in [0.1, 0.15) is 0 Å². The van der Waals surface area contributed by atoms with Gasteiger partial charge >= 0.3 is 0 Å². The van der Waals surface area contributed by atoms with Crippen LogP contribution in [0.5, 0.6) is 0 Å². The predicted octanol–water partition coefficient (Wildman–Crippen LogP) is 1.38. The van der Waals surface area contributed by atoms with Crippen LogP contribution in [0, 0.1) is 5.82 Å². The van der Waals surface area contributed by atoms with E-state index in [-0.39, 0.29) is 17.8 Å². The highest BCUT2D eigenvalue weighted by Crippen LogP contribution is 2.08. The van der Waals surface area contributed by atoms with Crippen LogP contribution in [0.25, 0.3) is 0 Å². The van der Waals surface area contributed by atoms with Gasteiger partial charge in [0.15, 0.2) is 11.6 Å². The Hall–Kier alpha value is -2.04. The maximum absolute atomic E-state index is 13.2. The smallest absolute Gasteiger partial charge is 0.171 e. The van der Waals surface area contributed by atoms with E-state index in [4.69, 9.17) is 0 Å². The molecule has 5 heteroatoms. The molecule has 0 aliphatic carbocycles. The van der Waals surface area contributed by atoms with Crippen molar-refractivity contribution < 1.29 is 9.18 Å². The molecule has 2 heterocycles. The fraction of sp³-hybridized carbons (Fsp3) is 0.182. The number of nitrogens with zero attached hydrogens (tertiary/aromatic N) is 3. The number of aryl methyl sites for hydroxylation is 1. The Kier molecular flexibility index (Phi) is 2.76. The van der Waals surface area contributed by atoms with Gasteiger partial charge in [0, 0.05) is 19.4 Å². The molecule has 0 radical (unpaired) electrons. The Bertz CT molecular complexity index is 521. The van der Waals surface area contributed by atoms with Crippen molar-refractivity contribution in [1.82, 2.24) is 14.8 Å². The van der Waals surface area contributed by atoms with Crippen molar-refractivity contribution in [3.63, 3.8) is 0 Å². The monoisotopic (exact) mass is 219 g/mol. The summed E-state index contributed by atoms with van der Waals surface area (Å²) < 4.78 is 14.8. The fourth-order valence-corrected chi connectivity index (χ4v) is 1.42. The summed E-state index contributed by atoms with van der Waals surface area (Å²) in [5, 5.41) is 4.06. The molecule has 2 aromatic heterocycles. The van der Waals surface area contributed by atoms with E-state index in [0.29, 0.717) is 5.69 Å². The standard InChI is InChI=1S/C11H10FN3O/c1-15-5-3-8(14-15)6-11(16)9-2-4-13-7-10(9)12/h2-5,7H,6H2,1H3. The molecule has 0 saturated heterocycles. The molecule has 0 unspecified atom stereocenters. The predicted molar refractivity (Wildman–Crippen MR) is 55.4 cm³/mol. The third-order valence-electron chi connectivity index (χ3n) is 2.18. The van der Waals surface area contributed by atoms with Crippen molar-refractivity contribution in [2.45, 2.75) is 6.42 Å². The lowest BCUT2D eigenvalue weighted by Gasteiger charge is -1.99. The molecular weight excluding hydrogens is 209 g/mol. The van der Waals surface area contributed by atoms with Gasteiger partial charge in [0.2, 0.25) is 0 Å². The number of hydrogen-bond acceptors (Lipinski definition) is 3. The number of rotatable bonds is 3. The lowest BCUT2D eigenvalue weighted by Crippen LogP contribution is -2.07. The van der Waals surface area contributed by atoms with Gasteiger partial charge in [-0.15, -0.1) is 0 Å². The van der Waals surface area contributed by atoms with Gasteiger partial charge in [-0.2, -0.15) is 5.10 Å². The number of aromatic nitrogens is 3. The maximum atomic E-state index is 13.2. The molecule has 0 spiro atoms. The van der Waals surface area contributed by atoms with Crippen LogP contribution in [-0.4, -0.2) is 20.5 Å². The molecule has 0 atom stereocenters. The van der Waals surface area contributed by atoms with Gasteiger partial charge < -0.3 is 0 Å². The van der Waals surface area contributed by atoms with Gasteiger partial charge in [-0.25, -0.2) is 4.39 Å². The van der Waals surface area contributed by atoms with Crippen LogP contribution >= 0.6 is 0 Å². The molecule has 0 aliphatic rings. The van der Waals surface area contributed by atoms with E-state index in [0.717, 1.165) is 6.20 Å². The number of halogens is 1. The highest BCUT2D eigenvalue weighted by molar-refractivity contribution is 5.97. The fourth-order valence-electron chi connectivity index (χ4n) is 1.42. The van der Waals surface area contributed by atoms with Crippen LogP contribution in [0.3, 0.4) is 0 Å². The number of ketones is 1. The molecule has 0 aromatic carbocycles. The van der Waals surface area contributed by atoms with Crippen molar-refractivity contribution in [3.8, 4) is 0 Å². The molecule has 82 valence electrons. The SMILES string of the molecule is Cn1ccc(CC(=O)c2ccncc2F)n1. The number of Topliss-reactive ketones (excluding diaryl/α,β-unsaturated/α-hetero) is 1. The molecule has 0 saturated carbocycles. The highest BCUT2D eigenvalue weighted by Gasteiger charge is 2.13. The van der Waals surface area contributed by atoms with Gasteiger partial charge in [-0.3, -0.25) is 14.5 Å². The molecule has 0 fully saturated rings. The van der Waals surface area contributed by atoms with E-state index in [9.17, 15) is 9.18 Å². The molecule has 0 aliphatic heterocycles. The molecule has 2 rings (SSSR count). The van der Waals surface area contributed by atoms with E-state index in [1.807, 2.05) is 0 Å². The Morgan fingerprint density at radius 3 is 2.94 bits per heavy atom. The quantitative estimate of drug-likeness (QED) is 0.733. The van der Waals surface area contributed by atoms with Crippen LogP contribution in [0.15, 0.2) is 30.7 Å². The minimum Gasteiger partial charge on any atom is -0.294 e. The van der Waals surface area contributed by atoms with Crippen LogP contribution in [0.2, 0.25) is 0 Å². The first-order valence-electron chi connectivity index (χ1n) is 4.78. The summed E-state index contributed by atoms with van der Waals surface area (Å²) in [4.78, 5) is 15.3. The summed E-state index contributed by atoms with van der Waals surface area (Å²) in [5.41, 5.74) is 0.685. The second-order valence-corrected chi connectivity index (χ2v) is 3.44. The van der Waals surface area contributed by atoms with E-state index >= 15 is 0 Å². The first-order valence-corrected chi connectivity index (χ1v) is 4.78. The number of carbonyl (C=O) groups excluding carboxylic acids is 1. The summed E-state index contributed by atoms with van der Waals surface area (Å²) in [6, 6.07) is 3.11. The van der Waals surface area contributed by atoms with E-state index < -0.39 is 5.82 Å². The number of carbonyl (C=O) groups is 1. The first kappa shape index (κ1) is 10.5. The second kappa shape index (κ2) is 4.22. The van der Waals surface area contributed by atoms with Gasteiger partial charge in [-0.1, -0.05) is 0 Å². The van der Waals surface area contributed by atoms with Crippen LogP contribution < -0.4 is 0 Å². The molecule has 2 aromatic rings. The van der Waals surface area contributed by atoms with Crippen molar-refractivity contribution in [1.29, 1.82) is 0 Å². The van der Waals surface area contributed by atoms with E-state index in [1.54, 1.807) is 24.0 Å². The lowest BCUT2D eigenvalue weighted by molar-refractivity contribution is 0.0988. The number of hydrogen-bond donors (Lipinski definition) is 0. The zero-order valence-corrected chi connectivity index (χ0v) is 8.72. The van der Waals surface area contributed by atoms with Crippen LogP contribution in [0.4, 0.5) is 4.39 Å². The minimum atomic E-state index is -0.594. The van der Waals surface area contributed by atoms with Crippen molar-refractivity contribution in [3.05, 3.63) is 47.8 Å². The first-order chi connectivity index (χ1) is 7.66. The molecular formula is C11H10FN3O. The molecule has 0 amide bonds. The lowest BCUT2D eigenvalue weighted by atomic mass is 10.1. The summed E-state index contributed by atoms with van der Waals surface area (Å²) in [5.74, 6) is -0.887. The largest absolute Gasteiger partial charge is 0.294 e. The van der Waals surface area contributed by atoms with Gasteiger partial charge in [-0.05, 0) is 12.1 Å². The Labute approximate surface area is 91.7 Å². The van der Waals surface area contributed by atoms with Crippen LogP contribution in [-0.2, 0) is 13.5 Å². The Balaban J connectivity index is 2.18. The summed E-state index contributed by atoms with van der Waals surface area (Å²) in [7, 11) is 1.76. The van der Waals surface area contributed by atoms with E-state index in [1.165, 1.54) is 12.3 Å². The average molecular weight is 219 g/mol. The highest BCUT2D eigenvalue weighted by atomic mass is 19.1. The number of pyridine rings is 1. The third kappa shape index (κ3) is 2.13. The zero-order chi connectivity index (χ0) is 11.5. The average Bonchev–Trinajstić information content (AvgIpc) is 2.64. The van der Waals surface area contributed by atoms with Crippen molar-refractivity contribution >= 4 is 5.78 Å². The molecule has 16 heavy (non-hydrogen) atoms. The molecule has 0 bridgehead atoms.